The molecule has 12 heavy (non-hydrogen) atoms. The van der Waals surface area contributed by atoms with E-state index >= 15 is 0 Å². The maximum absolute atomic E-state index is 9.67. The predicted octanol–water partition coefficient (Wildman–Crippen LogP) is 1.56. The molecule has 72 valence electrons. The van der Waals surface area contributed by atoms with Gasteiger partial charge in [0.05, 0.1) is 6.10 Å². The fourth-order valence-electron chi connectivity index (χ4n) is 2.27. The van der Waals surface area contributed by atoms with E-state index in [9.17, 15) is 5.11 Å². The lowest BCUT2D eigenvalue weighted by Gasteiger charge is -2.33. The van der Waals surface area contributed by atoms with Gasteiger partial charge in [-0.05, 0) is 31.1 Å². The zero-order valence-corrected chi connectivity index (χ0v) is 7.87. The highest BCUT2D eigenvalue weighted by atomic mass is 16.3. The van der Waals surface area contributed by atoms with Gasteiger partial charge in [0.15, 0.2) is 0 Å². The van der Waals surface area contributed by atoms with Crippen molar-refractivity contribution in [3.63, 3.8) is 0 Å². The smallest absolute Gasteiger partial charge is 0.0569 e. The Kier molecular flexibility index (Phi) is 4.02. The molecule has 2 N–H and O–H groups in total. The zero-order chi connectivity index (χ0) is 8.97. The summed E-state index contributed by atoms with van der Waals surface area (Å²) in [5, 5.41) is 18.8. The fraction of sp³-hybridized carbons (Fsp3) is 1.00. The Balaban J connectivity index is 2.46. The molecule has 3 atom stereocenters. The van der Waals surface area contributed by atoms with Crippen LogP contribution >= 0.6 is 0 Å². The number of rotatable bonds is 3. The molecule has 3 unspecified atom stereocenters. The highest BCUT2D eigenvalue weighted by Crippen LogP contribution is 2.32. The Morgan fingerprint density at radius 3 is 2.58 bits per heavy atom. The molecule has 0 spiro atoms. The highest BCUT2D eigenvalue weighted by molar-refractivity contribution is 4.79. The van der Waals surface area contributed by atoms with Gasteiger partial charge in [0, 0.05) is 6.61 Å². The van der Waals surface area contributed by atoms with Crippen LogP contribution in [0.3, 0.4) is 0 Å². The minimum atomic E-state index is -0.192. The fourth-order valence-corrected chi connectivity index (χ4v) is 2.27. The summed E-state index contributed by atoms with van der Waals surface area (Å²) in [4.78, 5) is 0. The topological polar surface area (TPSA) is 40.5 Å². The van der Waals surface area contributed by atoms with E-state index in [0.29, 0.717) is 11.8 Å². The van der Waals surface area contributed by atoms with Crippen molar-refractivity contribution in [1.82, 2.24) is 0 Å². The molecule has 0 aliphatic heterocycles. The molecule has 2 heteroatoms. The van der Waals surface area contributed by atoms with Crippen molar-refractivity contribution in [1.29, 1.82) is 0 Å². The van der Waals surface area contributed by atoms with Crippen molar-refractivity contribution >= 4 is 0 Å². The molecule has 1 aliphatic carbocycles. The molecule has 0 amide bonds. The van der Waals surface area contributed by atoms with Crippen molar-refractivity contribution in [2.45, 2.75) is 45.1 Å². The molecule has 0 saturated heterocycles. The average Bonchev–Trinajstić information content (AvgIpc) is 2.16. The molecule has 1 fully saturated rings. The van der Waals surface area contributed by atoms with Gasteiger partial charge in [-0.2, -0.15) is 0 Å². The molecule has 0 aromatic rings. The van der Waals surface area contributed by atoms with Crippen LogP contribution in [-0.4, -0.2) is 22.9 Å². The van der Waals surface area contributed by atoms with Gasteiger partial charge in [-0.1, -0.05) is 19.8 Å². The Hall–Kier alpha value is -0.0800. The lowest BCUT2D eigenvalue weighted by Crippen LogP contribution is -2.32. The minimum absolute atomic E-state index is 0.192. The number of aliphatic hydroxyl groups is 2. The summed E-state index contributed by atoms with van der Waals surface area (Å²) < 4.78 is 0. The van der Waals surface area contributed by atoms with Crippen LogP contribution in [0.15, 0.2) is 0 Å². The first-order valence-electron chi connectivity index (χ1n) is 5.08. The van der Waals surface area contributed by atoms with E-state index in [4.69, 9.17) is 5.11 Å². The summed E-state index contributed by atoms with van der Waals surface area (Å²) in [6, 6.07) is 0. The Bertz CT molecular complexity index is 125. The largest absolute Gasteiger partial charge is 0.396 e. The van der Waals surface area contributed by atoms with Crippen LogP contribution in [-0.2, 0) is 0 Å². The molecule has 0 bridgehead atoms. The molecular weight excluding hydrogens is 152 g/mol. The van der Waals surface area contributed by atoms with Gasteiger partial charge >= 0.3 is 0 Å². The van der Waals surface area contributed by atoms with Crippen LogP contribution < -0.4 is 0 Å². The average molecular weight is 172 g/mol. The summed E-state index contributed by atoms with van der Waals surface area (Å²) in [5.41, 5.74) is 0. The maximum atomic E-state index is 9.67. The van der Waals surface area contributed by atoms with Gasteiger partial charge in [0.1, 0.15) is 0 Å². The van der Waals surface area contributed by atoms with E-state index in [2.05, 4.69) is 0 Å². The standard InChI is InChI=1S/C10H20O2/c1-2-10(12)9-6-4-3-5-8(9)7-11/h8-12H,2-7H2,1H3. The summed E-state index contributed by atoms with van der Waals surface area (Å²) in [6.45, 7) is 2.26. The molecule has 0 aromatic heterocycles. The van der Waals surface area contributed by atoms with Crippen molar-refractivity contribution < 1.29 is 10.2 Å². The molecular formula is C10H20O2. The first kappa shape index (κ1) is 10.0. The molecule has 0 aromatic carbocycles. The Labute approximate surface area is 74.6 Å². The number of hydrogen-bond acceptors (Lipinski definition) is 2. The van der Waals surface area contributed by atoms with Crippen molar-refractivity contribution in [2.75, 3.05) is 6.61 Å². The highest BCUT2D eigenvalue weighted by Gasteiger charge is 2.28. The van der Waals surface area contributed by atoms with Gasteiger partial charge in [0.2, 0.25) is 0 Å². The van der Waals surface area contributed by atoms with E-state index in [0.717, 1.165) is 19.3 Å². The van der Waals surface area contributed by atoms with E-state index in [1.165, 1.54) is 12.8 Å². The van der Waals surface area contributed by atoms with Gasteiger partial charge in [-0.25, -0.2) is 0 Å². The number of aliphatic hydroxyl groups excluding tert-OH is 2. The first-order chi connectivity index (χ1) is 5.79. The van der Waals surface area contributed by atoms with Gasteiger partial charge in [0.25, 0.3) is 0 Å². The lowest BCUT2D eigenvalue weighted by molar-refractivity contribution is 0.0219. The van der Waals surface area contributed by atoms with Gasteiger partial charge < -0.3 is 10.2 Å². The van der Waals surface area contributed by atoms with Gasteiger partial charge in [-0.15, -0.1) is 0 Å². The first-order valence-corrected chi connectivity index (χ1v) is 5.08. The second-order valence-electron chi connectivity index (χ2n) is 3.87. The SMILES string of the molecule is CCC(O)C1CCCCC1CO. The second kappa shape index (κ2) is 4.83. The van der Waals surface area contributed by atoms with Gasteiger partial charge in [-0.3, -0.25) is 0 Å². The monoisotopic (exact) mass is 172 g/mol. The summed E-state index contributed by atoms with van der Waals surface area (Å²) >= 11 is 0. The summed E-state index contributed by atoms with van der Waals surface area (Å²) in [6.07, 6.45) is 5.26. The quantitative estimate of drug-likeness (QED) is 0.678. The van der Waals surface area contributed by atoms with E-state index in [1.807, 2.05) is 6.92 Å². The van der Waals surface area contributed by atoms with Crippen molar-refractivity contribution in [3.05, 3.63) is 0 Å². The molecule has 0 heterocycles. The predicted molar refractivity (Wildman–Crippen MR) is 48.8 cm³/mol. The summed E-state index contributed by atoms with van der Waals surface area (Å²) in [7, 11) is 0. The van der Waals surface area contributed by atoms with Crippen LogP contribution in [0.2, 0.25) is 0 Å². The zero-order valence-electron chi connectivity index (χ0n) is 7.87. The Morgan fingerprint density at radius 2 is 2.00 bits per heavy atom. The molecule has 1 aliphatic rings. The Morgan fingerprint density at radius 1 is 1.33 bits per heavy atom. The molecule has 1 rings (SSSR count). The van der Waals surface area contributed by atoms with Crippen molar-refractivity contribution in [2.24, 2.45) is 11.8 Å². The molecule has 1 saturated carbocycles. The lowest BCUT2D eigenvalue weighted by atomic mass is 9.76. The van der Waals surface area contributed by atoms with Crippen LogP contribution in [0, 0.1) is 11.8 Å². The summed E-state index contributed by atoms with van der Waals surface area (Å²) in [5.74, 6) is 0.711. The van der Waals surface area contributed by atoms with E-state index in [-0.39, 0.29) is 12.7 Å². The van der Waals surface area contributed by atoms with Crippen molar-refractivity contribution in [3.8, 4) is 0 Å². The third kappa shape index (κ3) is 2.20. The van der Waals surface area contributed by atoms with Crippen LogP contribution in [0.25, 0.3) is 0 Å². The minimum Gasteiger partial charge on any atom is -0.396 e. The molecule has 2 nitrogen and oxygen atoms in total. The van der Waals surface area contributed by atoms with Crippen LogP contribution in [0.1, 0.15) is 39.0 Å². The van der Waals surface area contributed by atoms with E-state index in [1.54, 1.807) is 0 Å². The maximum Gasteiger partial charge on any atom is 0.0569 e. The van der Waals surface area contributed by atoms with Crippen LogP contribution in [0.5, 0.6) is 0 Å². The number of hydrogen-bond donors (Lipinski definition) is 2. The second-order valence-corrected chi connectivity index (χ2v) is 3.87. The third-order valence-corrected chi connectivity index (χ3v) is 3.11. The van der Waals surface area contributed by atoms with E-state index < -0.39 is 0 Å². The normalized spacial score (nSPS) is 33.2. The van der Waals surface area contributed by atoms with Crippen LogP contribution in [0.4, 0.5) is 0 Å². The molecule has 0 radical (unpaired) electrons. The third-order valence-electron chi connectivity index (χ3n) is 3.11.